The summed E-state index contributed by atoms with van der Waals surface area (Å²) < 4.78 is 10.3. The van der Waals surface area contributed by atoms with Gasteiger partial charge in [0.25, 0.3) is 0 Å². The van der Waals surface area contributed by atoms with Crippen LogP contribution >= 0.6 is 0 Å². The summed E-state index contributed by atoms with van der Waals surface area (Å²) >= 11 is 0. The van der Waals surface area contributed by atoms with Crippen LogP contribution in [0.3, 0.4) is 0 Å². The Bertz CT molecular complexity index is 708. The van der Waals surface area contributed by atoms with Gasteiger partial charge in [0.05, 0.1) is 12.7 Å². The fourth-order valence-corrected chi connectivity index (χ4v) is 1.87. The number of furan rings is 1. The number of rotatable bonds is 5. The summed E-state index contributed by atoms with van der Waals surface area (Å²) in [6.07, 6.45) is 0.534. The van der Waals surface area contributed by atoms with Crippen molar-refractivity contribution >= 4 is 22.7 Å². The first kappa shape index (κ1) is 13.9. The number of carbonyl (C=O) groups excluding carboxylic acids is 1. The highest BCUT2D eigenvalue weighted by Crippen LogP contribution is 2.30. The van der Waals surface area contributed by atoms with E-state index in [0.717, 1.165) is 0 Å². The van der Waals surface area contributed by atoms with E-state index in [-0.39, 0.29) is 11.5 Å². The summed E-state index contributed by atoms with van der Waals surface area (Å²) in [5.74, 6) is -1.22. The number of fused-ring (bicyclic) bond motifs is 1. The van der Waals surface area contributed by atoms with E-state index in [0.29, 0.717) is 34.3 Å². The van der Waals surface area contributed by atoms with Crippen LogP contribution in [0.1, 0.15) is 34.3 Å². The molecule has 1 aromatic heterocycles. The number of carbonyl (C=O) groups is 2. The number of carboxylic acid groups (broad SMARTS) is 1. The molecule has 5 heteroatoms. The van der Waals surface area contributed by atoms with Gasteiger partial charge in [-0.25, -0.2) is 4.79 Å². The van der Waals surface area contributed by atoms with Crippen LogP contribution in [0.4, 0.5) is 0 Å². The second-order valence-electron chi connectivity index (χ2n) is 4.29. The SMILES string of the molecule is C=C(CC)C(=O)c1cc2cc(C(=O)O)oc2cc1OC. The van der Waals surface area contributed by atoms with Gasteiger partial charge in [-0.05, 0) is 24.1 Å². The number of aromatic carboxylic acids is 1. The smallest absolute Gasteiger partial charge is 0.371 e. The molecule has 0 atom stereocenters. The minimum atomic E-state index is -1.16. The maximum absolute atomic E-state index is 12.2. The Labute approximate surface area is 115 Å². The van der Waals surface area contributed by atoms with Crippen molar-refractivity contribution in [1.82, 2.24) is 0 Å². The minimum absolute atomic E-state index is 0.180. The largest absolute Gasteiger partial charge is 0.496 e. The molecule has 0 bridgehead atoms. The first-order valence-electron chi connectivity index (χ1n) is 6.05. The van der Waals surface area contributed by atoms with Gasteiger partial charge < -0.3 is 14.3 Å². The first-order chi connectivity index (χ1) is 9.47. The molecule has 0 fully saturated rings. The molecule has 0 saturated carbocycles. The van der Waals surface area contributed by atoms with Gasteiger partial charge in [0.15, 0.2) is 5.78 Å². The summed E-state index contributed by atoms with van der Waals surface area (Å²) in [5.41, 5.74) is 1.17. The molecule has 20 heavy (non-hydrogen) atoms. The maximum Gasteiger partial charge on any atom is 0.371 e. The zero-order valence-electron chi connectivity index (χ0n) is 11.2. The van der Waals surface area contributed by atoms with Crippen LogP contribution < -0.4 is 4.74 Å². The maximum atomic E-state index is 12.2. The number of ketones is 1. The van der Waals surface area contributed by atoms with Crippen molar-refractivity contribution in [1.29, 1.82) is 0 Å². The normalized spacial score (nSPS) is 10.5. The van der Waals surface area contributed by atoms with Crippen molar-refractivity contribution in [3.63, 3.8) is 0 Å². The molecule has 0 spiro atoms. The molecule has 1 N–H and O–H groups in total. The second-order valence-corrected chi connectivity index (χ2v) is 4.29. The Hall–Kier alpha value is -2.56. The Kier molecular flexibility index (Phi) is 3.61. The lowest BCUT2D eigenvalue weighted by Crippen LogP contribution is -2.04. The zero-order valence-corrected chi connectivity index (χ0v) is 11.2. The zero-order chi connectivity index (χ0) is 14.9. The van der Waals surface area contributed by atoms with Gasteiger partial charge in [0.1, 0.15) is 11.3 Å². The highest BCUT2D eigenvalue weighted by atomic mass is 16.5. The van der Waals surface area contributed by atoms with Crippen LogP contribution in [0.5, 0.6) is 5.75 Å². The molecule has 0 saturated heterocycles. The average molecular weight is 274 g/mol. The fourth-order valence-electron chi connectivity index (χ4n) is 1.87. The third-order valence-corrected chi connectivity index (χ3v) is 3.04. The lowest BCUT2D eigenvalue weighted by molar-refractivity contribution is 0.0664. The third-order valence-electron chi connectivity index (χ3n) is 3.04. The summed E-state index contributed by atoms with van der Waals surface area (Å²) in [6.45, 7) is 5.55. The van der Waals surface area contributed by atoms with E-state index in [2.05, 4.69) is 6.58 Å². The van der Waals surface area contributed by atoms with Gasteiger partial charge in [-0.1, -0.05) is 13.5 Å². The second kappa shape index (κ2) is 5.21. The standard InChI is InChI=1S/C15H14O5/c1-4-8(2)14(16)10-5-9-6-13(15(17)18)20-11(9)7-12(10)19-3/h5-7H,2,4H2,1,3H3,(H,17,18). The molecular weight excluding hydrogens is 260 g/mol. The molecular formula is C15H14O5. The highest BCUT2D eigenvalue weighted by molar-refractivity contribution is 6.12. The fraction of sp³-hybridized carbons (Fsp3) is 0.200. The van der Waals surface area contributed by atoms with E-state index < -0.39 is 5.97 Å². The van der Waals surface area contributed by atoms with Crippen LogP contribution in [0.15, 0.2) is 34.8 Å². The third kappa shape index (κ3) is 2.30. The number of hydrogen-bond acceptors (Lipinski definition) is 4. The topological polar surface area (TPSA) is 76.7 Å². The van der Waals surface area contributed by atoms with Crippen molar-refractivity contribution in [3.8, 4) is 5.75 Å². The molecule has 0 aliphatic carbocycles. The van der Waals surface area contributed by atoms with Crippen molar-refractivity contribution in [2.45, 2.75) is 13.3 Å². The summed E-state index contributed by atoms with van der Waals surface area (Å²) in [6, 6.07) is 4.45. The molecule has 1 heterocycles. The van der Waals surface area contributed by atoms with Gasteiger partial charge in [0.2, 0.25) is 5.76 Å². The van der Waals surface area contributed by atoms with Crippen LogP contribution in [0, 0.1) is 0 Å². The molecule has 2 aromatic rings. The predicted molar refractivity (Wildman–Crippen MR) is 73.5 cm³/mol. The van der Waals surface area contributed by atoms with E-state index in [1.54, 1.807) is 6.07 Å². The quantitative estimate of drug-likeness (QED) is 0.668. The lowest BCUT2D eigenvalue weighted by atomic mass is 10.0. The van der Waals surface area contributed by atoms with Gasteiger partial charge >= 0.3 is 5.97 Å². The molecule has 0 aliphatic heterocycles. The summed E-state index contributed by atoms with van der Waals surface area (Å²) in [4.78, 5) is 23.1. The highest BCUT2D eigenvalue weighted by Gasteiger charge is 2.18. The van der Waals surface area contributed by atoms with Gasteiger partial charge in [0, 0.05) is 11.5 Å². The minimum Gasteiger partial charge on any atom is -0.496 e. The van der Waals surface area contributed by atoms with E-state index in [9.17, 15) is 9.59 Å². The van der Waals surface area contributed by atoms with Crippen LogP contribution in [0.2, 0.25) is 0 Å². The first-order valence-corrected chi connectivity index (χ1v) is 6.05. The number of allylic oxidation sites excluding steroid dienone is 1. The van der Waals surface area contributed by atoms with E-state index in [1.165, 1.54) is 19.2 Å². The molecule has 2 rings (SSSR count). The Balaban J connectivity index is 2.62. The van der Waals surface area contributed by atoms with Crippen molar-refractivity contribution < 1.29 is 23.8 Å². The molecule has 5 nitrogen and oxygen atoms in total. The van der Waals surface area contributed by atoms with Crippen molar-refractivity contribution in [2.75, 3.05) is 7.11 Å². The number of carboxylic acids is 1. The van der Waals surface area contributed by atoms with Gasteiger partial charge in [-0.15, -0.1) is 0 Å². The molecule has 104 valence electrons. The van der Waals surface area contributed by atoms with Gasteiger partial charge in [-0.2, -0.15) is 0 Å². The van der Waals surface area contributed by atoms with E-state index >= 15 is 0 Å². The molecule has 0 amide bonds. The van der Waals surface area contributed by atoms with E-state index in [4.69, 9.17) is 14.3 Å². The Morgan fingerprint density at radius 1 is 1.35 bits per heavy atom. The molecule has 0 aliphatic rings. The predicted octanol–water partition coefficient (Wildman–Crippen LogP) is 3.29. The van der Waals surface area contributed by atoms with Crippen LogP contribution in [0.25, 0.3) is 11.0 Å². The van der Waals surface area contributed by atoms with E-state index in [1.807, 2.05) is 6.92 Å². The number of Topliss-reactive ketones (excluding diaryl/α,β-unsaturated/α-hetero) is 1. The van der Waals surface area contributed by atoms with Crippen molar-refractivity contribution in [3.05, 3.63) is 41.7 Å². The average Bonchev–Trinajstić information content (AvgIpc) is 2.87. The summed E-state index contributed by atoms with van der Waals surface area (Å²) in [5, 5.41) is 9.45. The lowest BCUT2D eigenvalue weighted by Gasteiger charge is -2.08. The number of ether oxygens (including phenoxy) is 1. The Morgan fingerprint density at radius 2 is 2.05 bits per heavy atom. The van der Waals surface area contributed by atoms with Crippen molar-refractivity contribution in [2.24, 2.45) is 0 Å². The van der Waals surface area contributed by atoms with Gasteiger partial charge in [-0.3, -0.25) is 4.79 Å². The van der Waals surface area contributed by atoms with Crippen LogP contribution in [-0.2, 0) is 0 Å². The number of methoxy groups -OCH3 is 1. The summed E-state index contributed by atoms with van der Waals surface area (Å²) in [7, 11) is 1.44. The molecule has 0 radical (unpaired) electrons. The molecule has 0 unspecified atom stereocenters. The Morgan fingerprint density at radius 3 is 2.60 bits per heavy atom. The molecule has 1 aromatic carbocycles. The number of hydrogen-bond donors (Lipinski definition) is 1. The van der Waals surface area contributed by atoms with Crippen LogP contribution in [-0.4, -0.2) is 24.0 Å². The number of benzene rings is 1. The monoisotopic (exact) mass is 274 g/mol.